The van der Waals surface area contributed by atoms with Crippen LogP contribution in [0.1, 0.15) is 25.7 Å². The van der Waals surface area contributed by atoms with E-state index in [-0.39, 0.29) is 17.9 Å². The Morgan fingerprint density at radius 3 is 2.87 bits per heavy atom. The Labute approximate surface area is 89.7 Å². The molecule has 0 aromatic heterocycles. The average Bonchev–Trinajstić information content (AvgIpc) is 2.95. The lowest BCUT2D eigenvalue weighted by atomic mass is 9.95. The number of fused-ring (bicyclic) bond motifs is 2. The molecule has 4 nitrogen and oxygen atoms in total. The van der Waals surface area contributed by atoms with E-state index in [0.29, 0.717) is 12.2 Å². The highest BCUT2D eigenvalue weighted by Gasteiger charge is 2.42. The Morgan fingerprint density at radius 1 is 1.33 bits per heavy atom. The fraction of sp³-hybridized carbons (Fsp3) is 0.909. The second-order valence-electron chi connectivity index (χ2n) is 4.91. The predicted octanol–water partition coefficient (Wildman–Crippen LogP) is 0.0320. The van der Waals surface area contributed by atoms with Crippen LogP contribution in [0.3, 0.4) is 0 Å². The Hall–Kier alpha value is -0.610. The number of rotatable bonds is 2. The summed E-state index contributed by atoms with van der Waals surface area (Å²) in [4.78, 5) is 11.9. The van der Waals surface area contributed by atoms with Gasteiger partial charge in [0, 0.05) is 6.54 Å². The number of amides is 1. The molecule has 3 aliphatic heterocycles. The van der Waals surface area contributed by atoms with Crippen molar-refractivity contribution in [1.82, 2.24) is 10.6 Å². The van der Waals surface area contributed by atoms with Crippen LogP contribution in [0.2, 0.25) is 0 Å². The van der Waals surface area contributed by atoms with Gasteiger partial charge in [-0.1, -0.05) is 0 Å². The van der Waals surface area contributed by atoms with Crippen molar-refractivity contribution in [3.8, 4) is 0 Å². The Bertz CT molecular complexity index is 263. The van der Waals surface area contributed by atoms with E-state index in [9.17, 15) is 4.79 Å². The molecule has 2 N–H and O–H groups in total. The van der Waals surface area contributed by atoms with Crippen LogP contribution in [0.25, 0.3) is 0 Å². The normalized spacial score (nSPS) is 43.5. The second kappa shape index (κ2) is 3.76. The molecule has 0 aliphatic carbocycles. The van der Waals surface area contributed by atoms with Crippen molar-refractivity contribution in [3.05, 3.63) is 0 Å². The number of carbonyl (C=O) groups excluding carboxylic acids is 1. The minimum atomic E-state index is 0.184. The van der Waals surface area contributed by atoms with Gasteiger partial charge in [-0.25, -0.2) is 0 Å². The van der Waals surface area contributed by atoms with E-state index in [4.69, 9.17) is 4.74 Å². The molecule has 0 aromatic carbocycles. The van der Waals surface area contributed by atoms with Crippen LogP contribution in [0.15, 0.2) is 0 Å². The zero-order valence-electron chi connectivity index (χ0n) is 8.87. The van der Waals surface area contributed by atoms with Crippen LogP contribution < -0.4 is 10.6 Å². The number of nitrogens with one attached hydrogen (secondary N) is 2. The maximum atomic E-state index is 11.9. The van der Waals surface area contributed by atoms with Gasteiger partial charge in [0.25, 0.3) is 0 Å². The summed E-state index contributed by atoms with van der Waals surface area (Å²) in [5.74, 6) is 0.408. The van der Waals surface area contributed by atoms with Crippen LogP contribution in [0.5, 0.6) is 0 Å². The molecule has 0 aromatic rings. The molecule has 4 atom stereocenters. The summed E-state index contributed by atoms with van der Waals surface area (Å²) in [7, 11) is 0. The average molecular weight is 210 g/mol. The minimum absolute atomic E-state index is 0.184. The zero-order valence-corrected chi connectivity index (χ0v) is 8.87. The number of hydrogen-bond donors (Lipinski definition) is 2. The van der Waals surface area contributed by atoms with Gasteiger partial charge in [-0.3, -0.25) is 4.79 Å². The highest BCUT2D eigenvalue weighted by Crippen LogP contribution is 2.34. The molecule has 4 unspecified atom stereocenters. The van der Waals surface area contributed by atoms with Gasteiger partial charge in [0.15, 0.2) is 0 Å². The van der Waals surface area contributed by atoms with Crippen molar-refractivity contribution in [1.29, 1.82) is 0 Å². The van der Waals surface area contributed by atoms with Gasteiger partial charge in [0.2, 0.25) is 5.91 Å². The number of hydrogen-bond acceptors (Lipinski definition) is 3. The fourth-order valence-electron chi connectivity index (χ4n) is 2.97. The quantitative estimate of drug-likeness (QED) is 0.676. The van der Waals surface area contributed by atoms with Crippen LogP contribution in [-0.2, 0) is 9.53 Å². The van der Waals surface area contributed by atoms with Gasteiger partial charge < -0.3 is 15.4 Å². The van der Waals surface area contributed by atoms with E-state index in [2.05, 4.69) is 10.6 Å². The Morgan fingerprint density at radius 2 is 2.27 bits per heavy atom. The molecule has 3 rings (SSSR count). The van der Waals surface area contributed by atoms with E-state index in [0.717, 1.165) is 32.4 Å². The molecule has 4 heteroatoms. The van der Waals surface area contributed by atoms with E-state index >= 15 is 0 Å². The zero-order chi connectivity index (χ0) is 10.3. The largest absolute Gasteiger partial charge is 0.373 e. The highest BCUT2D eigenvalue weighted by atomic mass is 16.5. The fourth-order valence-corrected chi connectivity index (χ4v) is 2.97. The van der Waals surface area contributed by atoms with Gasteiger partial charge in [-0.2, -0.15) is 0 Å². The first-order valence-electron chi connectivity index (χ1n) is 5.99. The summed E-state index contributed by atoms with van der Waals surface area (Å²) in [6.45, 7) is 1.82. The summed E-state index contributed by atoms with van der Waals surface area (Å²) in [6, 6.07) is 0.289. The summed E-state index contributed by atoms with van der Waals surface area (Å²) in [6.07, 6.45) is 5.03. The van der Waals surface area contributed by atoms with Crippen LogP contribution in [0.4, 0.5) is 0 Å². The van der Waals surface area contributed by atoms with E-state index in [1.165, 1.54) is 6.42 Å². The van der Waals surface area contributed by atoms with Crippen LogP contribution in [0, 0.1) is 5.92 Å². The van der Waals surface area contributed by atoms with Crippen molar-refractivity contribution < 1.29 is 9.53 Å². The molecule has 3 heterocycles. The van der Waals surface area contributed by atoms with Crippen molar-refractivity contribution in [2.45, 2.75) is 43.9 Å². The highest BCUT2D eigenvalue weighted by molar-refractivity contribution is 5.79. The smallest absolute Gasteiger partial charge is 0.224 e. The van der Waals surface area contributed by atoms with Gasteiger partial charge >= 0.3 is 0 Å². The lowest BCUT2D eigenvalue weighted by Crippen LogP contribution is -2.44. The predicted molar refractivity (Wildman–Crippen MR) is 55.4 cm³/mol. The molecule has 3 saturated heterocycles. The number of carbonyl (C=O) groups is 1. The third kappa shape index (κ3) is 1.76. The SMILES string of the molecule is O=C(NC1CC2CCC1O2)C1CCNC1. The van der Waals surface area contributed by atoms with Gasteiger partial charge in [0.1, 0.15) is 0 Å². The molecule has 0 spiro atoms. The number of ether oxygens (including phenoxy) is 1. The monoisotopic (exact) mass is 210 g/mol. The van der Waals surface area contributed by atoms with Gasteiger partial charge in [-0.05, 0) is 32.2 Å². The molecule has 15 heavy (non-hydrogen) atoms. The Balaban J connectivity index is 1.54. The van der Waals surface area contributed by atoms with E-state index in [1.807, 2.05) is 0 Å². The third-order valence-corrected chi connectivity index (χ3v) is 3.86. The maximum absolute atomic E-state index is 11.9. The molecular formula is C11H18N2O2. The summed E-state index contributed by atoms with van der Waals surface area (Å²) in [5, 5.41) is 6.37. The molecule has 2 bridgehead atoms. The minimum Gasteiger partial charge on any atom is -0.373 e. The first kappa shape index (κ1) is 9.60. The van der Waals surface area contributed by atoms with Gasteiger partial charge in [0.05, 0.1) is 24.2 Å². The van der Waals surface area contributed by atoms with E-state index < -0.39 is 0 Å². The van der Waals surface area contributed by atoms with E-state index in [1.54, 1.807) is 0 Å². The molecule has 0 saturated carbocycles. The molecule has 1 amide bonds. The molecule has 0 radical (unpaired) electrons. The van der Waals surface area contributed by atoms with Crippen molar-refractivity contribution in [2.75, 3.05) is 13.1 Å². The Kier molecular flexibility index (Phi) is 2.41. The van der Waals surface area contributed by atoms with Crippen molar-refractivity contribution >= 4 is 5.91 Å². The summed E-state index contributed by atoms with van der Waals surface area (Å²) >= 11 is 0. The van der Waals surface area contributed by atoms with Crippen molar-refractivity contribution in [2.24, 2.45) is 5.92 Å². The topological polar surface area (TPSA) is 50.4 Å². The standard InChI is InChI=1S/C11H18N2O2/c14-11(7-3-4-12-6-7)13-9-5-8-1-2-10(9)15-8/h7-10,12H,1-6H2,(H,13,14). The first-order valence-corrected chi connectivity index (χ1v) is 5.99. The lowest BCUT2D eigenvalue weighted by Gasteiger charge is -2.21. The van der Waals surface area contributed by atoms with Crippen LogP contribution >= 0.6 is 0 Å². The van der Waals surface area contributed by atoms with Crippen LogP contribution in [-0.4, -0.2) is 37.2 Å². The molecule has 3 aliphatic rings. The molecule has 84 valence electrons. The first-order chi connectivity index (χ1) is 7.33. The lowest BCUT2D eigenvalue weighted by molar-refractivity contribution is -0.125. The molecular weight excluding hydrogens is 192 g/mol. The summed E-state index contributed by atoms with van der Waals surface area (Å²) in [5.41, 5.74) is 0. The van der Waals surface area contributed by atoms with Crippen molar-refractivity contribution in [3.63, 3.8) is 0 Å². The second-order valence-corrected chi connectivity index (χ2v) is 4.91. The summed E-state index contributed by atoms with van der Waals surface area (Å²) < 4.78 is 5.72. The maximum Gasteiger partial charge on any atom is 0.224 e. The molecule has 3 fully saturated rings. The third-order valence-electron chi connectivity index (χ3n) is 3.86. The van der Waals surface area contributed by atoms with Gasteiger partial charge in [-0.15, -0.1) is 0 Å².